The Balaban J connectivity index is 1.85. The maximum Gasteiger partial charge on any atom is 0.258 e. The lowest BCUT2D eigenvalue weighted by atomic mass is 10.1. The first-order chi connectivity index (χ1) is 11.1. The highest BCUT2D eigenvalue weighted by Crippen LogP contribution is 2.20. The van der Waals surface area contributed by atoms with Gasteiger partial charge in [0.2, 0.25) is 0 Å². The molecule has 0 fully saturated rings. The third kappa shape index (κ3) is 4.94. The number of hydrogen-bond acceptors (Lipinski definition) is 4. The Hall–Kier alpha value is -2.11. The van der Waals surface area contributed by atoms with E-state index in [2.05, 4.69) is 5.32 Å². The van der Waals surface area contributed by atoms with Gasteiger partial charge in [0, 0.05) is 20.8 Å². The van der Waals surface area contributed by atoms with E-state index in [1.165, 1.54) is 0 Å². The molecule has 0 aromatic heterocycles. The Morgan fingerprint density at radius 2 is 1.87 bits per heavy atom. The third-order valence-electron chi connectivity index (χ3n) is 3.69. The van der Waals surface area contributed by atoms with Crippen LogP contribution in [-0.4, -0.2) is 45.5 Å². The minimum Gasteiger partial charge on any atom is -0.484 e. The van der Waals surface area contributed by atoms with Gasteiger partial charge in [-0.3, -0.25) is 4.79 Å². The molecule has 0 spiro atoms. The minimum atomic E-state index is -0.548. The second-order valence-corrected chi connectivity index (χ2v) is 5.66. The summed E-state index contributed by atoms with van der Waals surface area (Å²) in [6.07, 6.45) is 0. The monoisotopic (exact) mass is 317 g/mol. The van der Waals surface area contributed by atoms with Gasteiger partial charge in [-0.25, -0.2) is 0 Å². The number of methoxy groups -OCH3 is 2. The summed E-state index contributed by atoms with van der Waals surface area (Å²) in [4.78, 5) is 11.9. The Kier molecular flexibility index (Phi) is 5.96. The Morgan fingerprint density at radius 1 is 1.13 bits per heavy atom. The SMILES string of the molecule is COC[C@@](C)(CNC(=O)COc1ccc2ccccc2c1)OC. The molecule has 2 rings (SSSR count). The zero-order valence-corrected chi connectivity index (χ0v) is 13.8. The largest absolute Gasteiger partial charge is 0.484 e. The minimum absolute atomic E-state index is 0.0366. The molecule has 0 unspecified atom stereocenters. The standard InChI is InChI=1S/C18H23NO4/c1-18(22-3,13-21-2)12-19-17(20)11-23-16-9-8-14-6-4-5-7-15(14)10-16/h4-10H,11-13H2,1-3H3,(H,19,20)/t18-/m1/s1. The molecule has 1 N–H and O–H groups in total. The molecule has 0 bridgehead atoms. The number of amides is 1. The van der Waals surface area contributed by atoms with Crippen LogP contribution >= 0.6 is 0 Å². The van der Waals surface area contributed by atoms with Gasteiger partial charge in [0.25, 0.3) is 5.91 Å². The summed E-state index contributed by atoms with van der Waals surface area (Å²) in [5, 5.41) is 5.02. The molecule has 0 saturated heterocycles. The summed E-state index contributed by atoms with van der Waals surface area (Å²) in [7, 11) is 3.19. The molecule has 0 radical (unpaired) electrons. The maximum absolute atomic E-state index is 11.9. The fraction of sp³-hybridized carbons (Fsp3) is 0.389. The van der Waals surface area contributed by atoms with Crippen molar-refractivity contribution in [2.24, 2.45) is 0 Å². The van der Waals surface area contributed by atoms with E-state index in [-0.39, 0.29) is 12.5 Å². The highest BCUT2D eigenvalue weighted by atomic mass is 16.5. The molecule has 0 aliphatic carbocycles. The second-order valence-electron chi connectivity index (χ2n) is 5.66. The van der Waals surface area contributed by atoms with Gasteiger partial charge in [-0.2, -0.15) is 0 Å². The summed E-state index contributed by atoms with van der Waals surface area (Å²) in [6, 6.07) is 13.8. The molecule has 5 heteroatoms. The van der Waals surface area contributed by atoms with E-state index in [9.17, 15) is 4.79 Å². The summed E-state index contributed by atoms with van der Waals surface area (Å²) in [5.74, 6) is 0.475. The van der Waals surface area contributed by atoms with Gasteiger partial charge >= 0.3 is 0 Å². The van der Waals surface area contributed by atoms with E-state index < -0.39 is 5.60 Å². The molecule has 1 atom stereocenters. The van der Waals surface area contributed by atoms with Gasteiger partial charge in [-0.1, -0.05) is 30.3 Å². The van der Waals surface area contributed by atoms with Crippen molar-refractivity contribution in [2.75, 3.05) is 34.0 Å². The number of ether oxygens (including phenoxy) is 3. The molecule has 0 aliphatic heterocycles. The fourth-order valence-electron chi connectivity index (χ4n) is 2.23. The van der Waals surface area contributed by atoms with Crippen LogP contribution in [0.2, 0.25) is 0 Å². The van der Waals surface area contributed by atoms with Crippen molar-refractivity contribution >= 4 is 16.7 Å². The Labute approximate surface area is 136 Å². The topological polar surface area (TPSA) is 56.8 Å². The lowest BCUT2D eigenvalue weighted by molar-refractivity contribution is -0.125. The first-order valence-corrected chi connectivity index (χ1v) is 7.49. The van der Waals surface area contributed by atoms with Crippen LogP contribution in [0.3, 0.4) is 0 Å². The van der Waals surface area contributed by atoms with Gasteiger partial charge in [0.1, 0.15) is 11.4 Å². The Morgan fingerprint density at radius 3 is 2.57 bits per heavy atom. The molecule has 2 aromatic carbocycles. The van der Waals surface area contributed by atoms with Gasteiger partial charge in [-0.05, 0) is 29.8 Å². The quantitative estimate of drug-likeness (QED) is 0.812. The van der Waals surface area contributed by atoms with Gasteiger partial charge in [-0.15, -0.1) is 0 Å². The molecule has 2 aromatic rings. The van der Waals surface area contributed by atoms with E-state index in [1.54, 1.807) is 14.2 Å². The van der Waals surface area contributed by atoms with Crippen LogP contribution in [0.4, 0.5) is 0 Å². The summed E-state index contributed by atoms with van der Waals surface area (Å²) in [6.45, 7) is 2.60. The van der Waals surface area contributed by atoms with Gasteiger partial charge < -0.3 is 19.5 Å². The number of rotatable bonds is 8. The van der Waals surface area contributed by atoms with E-state index >= 15 is 0 Å². The first-order valence-electron chi connectivity index (χ1n) is 7.49. The van der Waals surface area contributed by atoms with Crippen LogP contribution < -0.4 is 10.1 Å². The summed E-state index contributed by atoms with van der Waals surface area (Å²) >= 11 is 0. The van der Waals surface area contributed by atoms with Gasteiger partial charge in [0.15, 0.2) is 6.61 Å². The molecule has 5 nitrogen and oxygen atoms in total. The van der Waals surface area contributed by atoms with Crippen molar-refractivity contribution in [3.8, 4) is 5.75 Å². The fourth-order valence-corrected chi connectivity index (χ4v) is 2.23. The van der Waals surface area contributed by atoms with Crippen LogP contribution in [0.1, 0.15) is 6.92 Å². The van der Waals surface area contributed by atoms with E-state index in [1.807, 2.05) is 49.4 Å². The third-order valence-corrected chi connectivity index (χ3v) is 3.69. The normalized spacial score (nSPS) is 13.5. The van der Waals surface area contributed by atoms with Crippen molar-refractivity contribution in [3.63, 3.8) is 0 Å². The number of carbonyl (C=O) groups excluding carboxylic acids is 1. The van der Waals surface area contributed by atoms with Crippen LogP contribution in [0.15, 0.2) is 42.5 Å². The lowest BCUT2D eigenvalue weighted by Gasteiger charge is -2.27. The number of nitrogens with one attached hydrogen (secondary N) is 1. The molecule has 0 aliphatic rings. The lowest BCUT2D eigenvalue weighted by Crippen LogP contribution is -2.46. The number of benzene rings is 2. The first kappa shape index (κ1) is 17.2. The highest BCUT2D eigenvalue weighted by Gasteiger charge is 2.24. The zero-order chi connectivity index (χ0) is 16.7. The molecule has 0 heterocycles. The molecule has 124 valence electrons. The van der Waals surface area contributed by atoms with Crippen molar-refractivity contribution in [2.45, 2.75) is 12.5 Å². The number of hydrogen-bond donors (Lipinski definition) is 1. The molecule has 0 saturated carbocycles. The molecular weight excluding hydrogens is 294 g/mol. The number of fused-ring (bicyclic) bond motifs is 1. The predicted octanol–water partition coefficient (Wildman–Crippen LogP) is 2.39. The summed E-state index contributed by atoms with van der Waals surface area (Å²) < 4.78 is 16.0. The van der Waals surface area contributed by atoms with Crippen LogP contribution in [0.25, 0.3) is 10.8 Å². The van der Waals surface area contributed by atoms with Crippen LogP contribution in [0, 0.1) is 0 Å². The summed E-state index contributed by atoms with van der Waals surface area (Å²) in [5.41, 5.74) is -0.548. The Bertz CT molecular complexity index is 658. The predicted molar refractivity (Wildman–Crippen MR) is 89.7 cm³/mol. The van der Waals surface area contributed by atoms with Crippen LogP contribution in [0.5, 0.6) is 5.75 Å². The van der Waals surface area contributed by atoms with E-state index in [0.717, 1.165) is 10.8 Å². The van der Waals surface area contributed by atoms with Crippen molar-refractivity contribution < 1.29 is 19.0 Å². The van der Waals surface area contributed by atoms with E-state index in [0.29, 0.717) is 18.9 Å². The van der Waals surface area contributed by atoms with E-state index in [4.69, 9.17) is 14.2 Å². The average molecular weight is 317 g/mol. The highest BCUT2D eigenvalue weighted by molar-refractivity contribution is 5.84. The smallest absolute Gasteiger partial charge is 0.258 e. The number of carbonyl (C=O) groups is 1. The zero-order valence-electron chi connectivity index (χ0n) is 13.8. The molecule has 23 heavy (non-hydrogen) atoms. The van der Waals surface area contributed by atoms with Crippen molar-refractivity contribution in [3.05, 3.63) is 42.5 Å². The average Bonchev–Trinajstić information content (AvgIpc) is 2.58. The maximum atomic E-state index is 11.9. The van der Waals surface area contributed by atoms with Crippen LogP contribution in [-0.2, 0) is 14.3 Å². The van der Waals surface area contributed by atoms with Gasteiger partial charge in [0.05, 0.1) is 6.61 Å². The second kappa shape index (κ2) is 7.94. The van der Waals surface area contributed by atoms with Crippen molar-refractivity contribution in [1.29, 1.82) is 0 Å². The molecule has 1 amide bonds. The molecular formula is C18H23NO4. The van der Waals surface area contributed by atoms with Crippen molar-refractivity contribution in [1.82, 2.24) is 5.32 Å².